The minimum atomic E-state index is -4.37. The van der Waals surface area contributed by atoms with Crippen LogP contribution in [-0.4, -0.2) is 37.5 Å². The van der Waals surface area contributed by atoms with Gasteiger partial charge in [0.2, 0.25) is 0 Å². The van der Waals surface area contributed by atoms with Crippen molar-refractivity contribution < 1.29 is 26.9 Å². The molecule has 0 aromatic rings. The fraction of sp³-hybridized carbons (Fsp3) is 0.833. The van der Waals surface area contributed by atoms with Crippen LogP contribution in [0, 0.1) is 0 Å². The number of esters is 1. The van der Waals surface area contributed by atoms with Gasteiger partial charge in [-0.3, -0.25) is 9.35 Å². The van der Waals surface area contributed by atoms with Gasteiger partial charge in [-0.05, 0) is 6.92 Å². The topological polar surface area (TPSA) is 80.7 Å². The summed E-state index contributed by atoms with van der Waals surface area (Å²) < 4.78 is 45.5. The van der Waals surface area contributed by atoms with E-state index in [1.807, 2.05) is 0 Å². The third-order valence-corrected chi connectivity index (χ3v) is 1.87. The molecule has 0 aromatic heterocycles. The lowest BCUT2D eigenvalue weighted by Crippen LogP contribution is -2.20. The zero-order valence-corrected chi connectivity index (χ0v) is 7.88. The summed E-state index contributed by atoms with van der Waals surface area (Å²) in [6.07, 6.45) is -2.58. The van der Waals surface area contributed by atoms with Gasteiger partial charge in [0, 0.05) is 0 Å². The van der Waals surface area contributed by atoms with Crippen LogP contribution in [0.1, 0.15) is 13.3 Å². The van der Waals surface area contributed by atoms with Crippen molar-refractivity contribution >= 4 is 16.1 Å². The highest BCUT2D eigenvalue weighted by Crippen LogP contribution is 2.02. The van der Waals surface area contributed by atoms with Crippen molar-refractivity contribution in [2.24, 2.45) is 0 Å². The molecule has 0 aliphatic heterocycles. The van der Waals surface area contributed by atoms with E-state index in [1.165, 1.54) is 0 Å². The highest BCUT2D eigenvalue weighted by Gasteiger charge is 2.19. The van der Waals surface area contributed by atoms with Crippen molar-refractivity contribution in [2.45, 2.75) is 19.5 Å². The summed E-state index contributed by atoms with van der Waals surface area (Å²) >= 11 is 0. The van der Waals surface area contributed by atoms with Gasteiger partial charge < -0.3 is 4.74 Å². The second-order valence-electron chi connectivity index (χ2n) is 2.36. The number of carbonyl (C=O) groups excluding carboxylic acids is 1. The van der Waals surface area contributed by atoms with Crippen molar-refractivity contribution in [2.75, 3.05) is 12.4 Å². The number of carbonyl (C=O) groups is 1. The van der Waals surface area contributed by atoms with E-state index in [4.69, 9.17) is 4.55 Å². The molecule has 0 rings (SSSR count). The van der Waals surface area contributed by atoms with Gasteiger partial charge in [0.1, 0.15) is 11.9 Å². The lowest BCUT2D eigenvalue weighted by Gasteiger charge is -2.04. The normalized spacial score (nSPS) is 13.8. The van der Waals surface area contributed by atoms with Crippen LogP contribution in [0.2, 0.25) is 0 Å². The first-order valence-corrected chi connectivity index (χ1v) is 5.21. The number of hydrogen-bond acceptors (Lipinski definition) is 4. The molecule has 1 atom stereocenters. The summed E-state index contributed by atoms with van der Waals surface area (Å²) in [5.74, 6) is -1.90. The minimum absolute atomic E-state index is 0.109. The SMILES string of the molecule is CCOC(=O)CC(F)CS(=O)(=O)O. The van der Waals surface area contributed by atoms with Gasteiger partial charge in [-0.1, -0.05) is 0 Å². The Labute approximate surface area is 75.6 Å². The maximum absolute atomic E-state index is 12.6. The fourth-order valence-corrected chi connectivity index (χ4v) is 1.26. The average molecular weight is 214 g/mol. The van der Waals surface area contributed by atoms with Crippen LogP contribution >= 0.6 is 0 Å². The molecule has 0 bridgehead atoms. The Hall–Kier alpha value is -0.690. The molecule has 0 saturated heterocycles. The molecule has 13 heavy (non-hydrogen) atoms. The maximum Gasteiger partial charge on any atom is 0.308 e. The molecule has 0 spiro atoms. The van der Waals surface area contributed by atoms with E-state index in [2.05, 4.69) is 4.74 Å². The molecule has 78 valence electrons. The van der Waals surface area contributed by atoms with Crippen LogP contribution in [0.4, 0.5) is 4.39 Å². The van der Waals surface area contributed by atoms with Gasteiger partial charge in [0.05, 0.1) is 13.0 Å². The molecule has 0 aliphatic carbocycles. The summed E-state index contributed by atoms with van der Waals surface area (Å²) in [5.41, 5.74) is 0. The van der Waals surface area contributed by atoms with Crippen LogP contribution in [0.15, 0.2) is 0 Å². The molecule has 0 aromatic carbocycles. The molecule has 0 saturated carbocycles. The summed E-state index contributed by atoms with van der Waals surface area (Å²) in [4.78, 5) is 10.6. The summed E-state index contributed by atoms with van der Waals surface area (Å²) in [5, 5.41) is 0. The molecule has 1 unspecified atom stereocenters. The lowest BCUT2D eigenvalue weighted by atomic mass is 10.3. The van der Waals surface area contributed by atoms with E-state index in [0.717, 1.165) is 0 Å². The van der Waals surface area contributed by atoms with Crippen molar-refractivity contribution in [1.82, 2.24) is 0 Å². The molecule has 1 N–H and O–H groups in total. The first-order valence-electron chi connectivity index (χ1n) is 3.60. The molecule has 0 amide bonds. The van der Waals surface area contributed by atoms with Crippen molar-refractivity contribution in [3.63, 3.8) is 0 Å². The Kier molecular flexibility index (Phi) is 4.86. The smallest absolute Gasteiger partial charge is 0.308 e. The van der Waals surface area contributed by atoms with Gasteiger partial charge in [0.15, 0.2) is 0 Å². The van der Waals surface area contributed by atoms with Crippen molar-refractivity contribution in [3.8, 4) is 0 Å². The number of hydrogen-bond donors (Lipinski definition) is 1. The Morgan fingerprint density at radius 1 is 1.62 bits per heavy atom. The minimum Gasteiger partial charge on any atom is -0.466 e. The molecule has 5 nitrogen and oxygen atoms in total. The van der Waals surface area contributed by atoms with Crippen molar-refractivity contribution in [1.29, 1.82) is 0 Å². The summed E-state index contributed by atoms with van der Waals surface area (Å²) in [6, 6.07) is 0. The monoisotopic (exact) mass is 214 g/mol. The number of alkyl halides is 1. The summed E-state index contributed by atoms with van der Waals surface area (Å²) in [6.45, 7) is 1.66. The molecule has 0 aliphatic rings. The Morgan fingerprint density at radius 2 is 2.15 bits per heavy atom. The van der Waals surface area contributed by atoms with E-state index in [9.17, 15) is 17.6 Å². The molecule has 0 heterocycles. The quantitative estimate of drug-likeness (QED) is 0.521. The largest absolute Gasteiger partial charge is 0.466 e. The second kappa shape index (κ2) is 5.13. The van der Waals surface area contributed by atoms with Crippen LogP contribution in [0.25, 0.3) is 0 Å². The Morgan fingerprint density at radius 3 is 2.54 bits per heavy atom. The van der Waals surface area contributed by atoms with Crippen LogP contribution in [0.3, 0.4) is 0 Å². The first-order chi connectivity index (χ1) is 5.85. The fourth-order valence-electron chi connectivity index (χ4n) is 0.688. The Balaban J connectivity index is 3.88. The first kappa shape index (κ1) is 12.3. The third kappa shape index (κ3) is 7.66. The lowest BCUT2D eigenvalue weighted by molar-refractivity contribution is -0.144. The molecule has 0 fully saturated rings. The van der Waals surface area contributed by atoms with Gasteiger partial charge in [-0.15, -0.1) is 0 Å². The van der Waals surface area contributed by atoms with Gasteiger partial charge in [0.25, 0.3) is 10.1 Å². The van der Waals surface area contributed by atoms with Crippen LogP contribution in [-0.2, 0) is 19.6 Å². The highest BCUT2D eigenvalue weighted by atomic mass is 32.2. The van der Waals surface area contributed by atoms with Gasteiger partial charge >= 0.3 is 5.97 Å². The zero-order chi connectivity index (χ0) is 10.5. The van der Waals surface area contributed by atoms with E-state index in [1.54, 1.807) is 6.92 Å². The molecule has 0 radical (unpaired) electrons. The molecule has 7 heteroatoms. The van der Waals surface area contributed by atoms with E-state index >= 15 is 0 Å². The van der Waals surface area contributed by atoms with Crippen molar-refractivity contribution in [3.05, 3.63) is 0 Å². The van der Waals surface area contributed by atoms with Gasteiger partial charge in [-0.2, -0.15) is 8.42 Å². The number of halogens is 1. The van der Waals surface area contributed by atoms with Gasteiger partial charge in [-0.25, -0.2) is 4.39 Å². The standard InChI is InChI=1S/C6H11FO5S/c1-2-12-6(8)3-5(7)4-13(9,10)11/h5H,2-4H2,1H3,(H,9,10,11). The average Bonchev–Trinajstić information content (AvgIpc) is 1.81. The maximum atomic E-state index is 12.6. The zero-order valence-electron chi connectivity index (χ0n) is 7.07. The summed E-state index contributed by atoms with van der Waals surface area (Å²) in [7, 11) is -4.37. The second-order valence-corrected chi connectivity index (χ2v) is 3.85. The Bertz CT molecular complexity index is 260. The van der Waals surface area contributed by atoms with E-state index in [0.29, 0.717) is 0 Å². The number of rotatable bonds is 5. The highest BCUT2D eigenvalue weighted by molar-refractivity contribution is 7.85. The predicted octanol–water partition coefficient (Wildman–Crippen LogP) is 0.166. The molecular weight excluding hydrogens is 203 g/mol. The molecular formula is C6H11FO5S. The van der Waals surface area contributed by atoms with E-state index < -0.39 is 34.4 Å². The van der Waals surface area contributed by atoms with E-state index in [-0.39, 0.29) is 6.61 Å². The predicted molar refractivity (Wildman–Crippen MR) is 42.6 cm³/mol. The van der Waals surface area contributed by atoms with Crippen LogP contribution in [0.5, 0.6) is 0 Å². The number of ether oxygens (including phenoxy) is 1. The van der Waals surface area contributed by atoms with Crippen LogP contribution < -0.4 is 0 Å². The third-order valence-electron chi connectivity index (χ3n) is 1.08.